The van der Waals surface area contributed by atoms with Gasteiger partial charge in [0.05, 0.1) is 7.11 Å². The number of pyridine rings is 2. The molecule has 0 N–H and O–H groups in total. The third kappa shape index (κ3) is 3.99. The Morgan fingerprint density at radius 1 is 1.31 bits per heavy atom. The van der Waals surface area contributed by atoms with Crippen molar-refractivity contribution in [2.24, 2.45) is 5.92 Å². The van der Waals surface area contributed by atoms with Crippen LogP contribution in [0.5, 0.6) is 0 Å². The summed E-state index contributed by atoms with van der Waals surface area (Å²) in [6.45, 7) is 6.24. The molecule has 1 aliphatic rings. The SMILES string of the molecule is COC(=O)c1sc2nccc3c2c1[N-]C(=O)N3c1cnc(CC(C)C)cc1C.[K+]. The molecule has 0 fully saturated rings. The summed E-state index contributed by atoms with van der Waals surface area (Å²) < 4.78 is 4.83. The van der Waals surface area contributed by atoms with Crippen LogP contribution < -0.4 is 56.3 Å². The van der Waals surface area contributed by atoms with Crippen molar-refractivity contribution in [3.8, 4) is 0 Å². The van der Waals surface area contributed by atoms with Crippen molar-refractivity contribution in [3.63, 3.8) is 0 Å². The number of hydrogen-bond donors (Lipinski definition) is 0. The molecule has 0 saturated carbocycles. The largest absolute Gasteiger partial charge is 1.00 e. The van der Waals surface area contributed by atoms with Crippen LogP contribution in [0.2, 0.25) is 0 Å². The van der Waals surface area contributed by atoms with E-state index in [9.17, 15) is 9.59 Å². The fourth-order valence-corrected chi connectivity index (χ4v) is 4.39. The molecule has 3 aromatic heterocycles. The Morgan fingerprint density at radius 3 is 2.72 bits per heavy atom. The van der Waals surface area contributed by atoms with E-state index in [2.05, 4.69) is 29.1 Å². The van der Waals surface area contributed by atoms with Crippen LogP contribution in [-0.4, -0.2) is 29.1 Å². The number of anilines is 2. The Morgan fingerprint density at radius 2 is 2.07 bits per heavy atom. The van der Waals surface area contributed by atoms with Gasteiger partial charge in [0.1, 0.15) is 9.71 Å². The van der Waals surface area contributed by atoms with E-state index >= 15 is 0 Å². The van der Waals surface area contributed by atoms with Gasteiger partial charge in [-0.05, 0) is 54.0 Å². The van der Waals surface area contributed by atoms with Crippen LogP contribution in [0, 0.1) is 12.8 Å². The fraction of sp³-hybridized carbons (Fsp3) is 0.300. The monoisotopic (exact) mass is 434 g/mol. The number of aromatic nitrogens is 2. The van der Waals surface area contributed by atoms with E-state index in [1.807, 2.05) is 13.0 Å². The second-order valence-corrected chi connectivity index (χ2v) is 8.07. The molecule has 2 amide bonds. The molecule has 7 nitrogen and oxygen atoms in total. The molecule has 4 rings (SSSR count). The van der Waals surface area contributed by atoms with Gasteiger partial charge in [0, 0.05) is 23.5 Å². The summed E-state index contributed by atoms with van der Waals surface area (Å²) in [5.41, 5.74) is 3.57. The summed E-state index contributed by atoms with van der Waals surface area (Å²) >= 11 is 1.17. The minimum Gasteiger partial charge on any atom is -0.465 e. The van der Waals surface area contributed by atoms with Crippen molar-refractivity contribution in [2.75, 3.05) is 12.0 Å². The molecule has 4 heterocycles. The van der Waals surface area contributed by atoms with Crippen LogP contribution >= 0.6 is 11.3 Å². The zero-order valence-corrected chi connectivity index (χ0v) is 21.0. The topological polar surface area (TPSA) is 86.5 Å². The zero-order chi connectivity index (χ0) is 20.0. The zero-order valence-electron chi connectivity index (χ0n) is 17.0. The standard InChI is InChI=1S/C20H20N4O3S.K/c1-10(2)7-12-8-11(3)14(9-22-12)24-13-5-6-21-18-15(13)16(23-20(24)26)17(28-18)19(25)27-4;/h5-6,8-10H,7H2,1-4H3,(H,23,25,26);/q;+1/p-1. The number of hydrogen-bond acceptors (Lipinski definition) is 6. The smallest absolute Gasteiger partial charge is 0.465 e. The molecule has 144 valence electrons. The molecule has 0 saturated heterocycles. The Hall–Kier alpha value is -1.36. The van der Waals surface area contributed by atoms with Crippen LogP contribution in [-0.2, 0) is 11.2 Å². The van der Waals surface area contributed by atoms with Crippen LogP contribution in [0.25, 0.3) is 15.5 Å². The Balaban J connectivity index is 0.00000240. The van der Waals surface area contributed by atoms with Gasteiger partial charge in [0.2, 0.25) is 0 Å². The molecule has 0 bridgehead atoms. The van der Waals surface area contributed by atoms with Gasteiger partial charge in [0.15, 0.2) is 6.03 Å². The van der Waals surface area contributed by atoms with Gasteiger partial charge in [-0.15, -0.1) is 11.3 Å². The first kappa shape index (κ1) is 22.3. The predicted octanol–water partition coefficient (Wildman–Crippen LogP) is 2.27. The minimum absolute atomic E-state index is 0. The van der Waals surface area contributed by atoms with E-state index in [4.69, 9.17) is 4.74 Å². The maximum atomic E-state index is 12.9. The summed E-state index contributed by atoms with van der Waals surface area (Å²) in [6.07, 6.45) is 4.21. The number of thiophene rings is 1. The van der Waals surface area contributed by atoms with Crippen LogP contribution in [0.15, 0.2) is 24.5 Å². The van der Waals surface area contributed by atoms with Gasteiger partial charge in [-0.2, -0.15) is 0 Å². The number of esters is 1. The van der Waals surface area contributed by atoms with Gasteiger partial charge in [-0.1, -0.05) is 13.8 Å². The maximum Gasteiger partial charge on any atom is 1.00 e. The Labute approximate surface area is 215 Å². The first-order chi connectivity index (χ1) is 13.4. The van der Waals surface area contributed by atoms with E-state index in [0.29, 0.717) is 33.2 Å². The second-order valence-electron chi connectivity index (χ2n) is 7.07. The number of nitrogens with zero attached hydrogens (tertiary/aromatic N) is 4. The number of ether oxygens (including phenoxy) is 1. The van der Waals surface area contributed by atoms with E-state index in [0.717, 1.165) is 17.7 Å². The number of amides is 2. The summed E-state index contributed by atoms with van der Waals surface area (Å²) in [4.78, 5) is 36.4. The summed E-state index contributed by atoms with van der Waals surface area (Å²) in [7, 11) is 1.30. The molecule has 1 aliphatic heterocycles. The molecule has 0 radical (unpaired) electrons. The van der Waals surface area contributed by atoms with Gasteiger partial charge in [0.25, 0.3) is 0 Å². The van der Waals surface area contributed by atoms with Crippen molar-refractivity contribution in [1.29, 1.82) is 0 Å². The molecule has 3 aromatic rings. The van der Waals surface area contributed by atoms with Crippen molar-refractivity contribution < 1.29 is 65.7 Å². The molecular weight excluding hydrogens is 415 g/mol. The summed E-state index contributed by atoms with van der Waals surface area (Å²) in [5, 5.41) is 4.87. The summed E-state index contributed by atoms with van der Waals surface area (Å²) in [5.74, 6) is -0.0286. The van der Waals surface area contributed by atoms with Gasteiger partial charge >= 0.3 is 57.4 Å². The van der Waals surface area contributed by atoms with Crippen LogP contribution in [0.1, 0.15) is 34.8 Å². The van der Waals surface area contributed by atoms with Gasteiger partial charge in [-0.3, -0.25) is 9.78 Å². The van der Waals surface area contributed by atoms with Gasteiger partial charge in [-0.25, -0.2) is 9.78 Å². The average molecular weight is 435 g/mol. The number of aryl methyl sites for hydroxylation is 1. The molecule has 0 atom stereocenters. The molecule has 0 spiro atoms. The first-order valence-corrected chi connectivity index (χ1v) is 9.73. The van der Waals surface area contributed by atoms with E-state index in [-0.39, 0.29) is 56.3 Å². The minimum atomic E-state index is -0.523. The maximum absolute atomic E-state index is 12.9. The molecule has 9 heteroatoms. The Bertz CT molecular complexity index is 1110. The number of carbonyl (C=O) groups is 2. The van der Waals surface area contributed by atoms with Crippen molar-refractivity contribution in [1.82, 2.24) is 9.97 Å². The molecule has 0 aromatic carbocycles. The number of carbonyl (C=O) groups excluding carboxylic acids is 2. The number of methoxy groups -OCH3 is 1. The molecule has 29 heavy (non-hydrogen) atoms. The van der Waals surface area contributed by atoms with Crippen molar-refractivity contribution in [2.45, 2.75) is 27.2 Å². The fourth-order valence-electron chi connectivity index (χ4n) is 3.37. The quantitative estimate of drug-likeness (QED) is 0.464. The Kier molecular flexibility index (Phi) is 6.76. The second kappa shape index (κ2) is 8.79. The molecular formula is C20H19KN4O3S. The first-order valence-electron chi connectivity index (χ1n) is 8.92. The van der Waals surface area contributed by atoms with Gasteiger partial charge < -0.3 is 15.0 Å². The van der Waals surface area contributed by atoms with Crippen molar-refractivity contribution in [3.05, 3.63) is 46.0 Å². The number of rotatable bonds is 4. The summed E-state index contributed by atoms with van der Waals surface area (Å²) in [6, 6.07) is 3.29. The van der Waals surface area contributed by atoms with E-state index in [1.54, 1.807) is 18.5 Å². The van der Waals surface area contributed by atoms with Crippen LogP contribution in [0.4, 0.5) is 21.9 Å². The van der Waals surface area contributed by atoms with E-state index in [1.165, 1.54) is 23.3 Å². The van der Waals surface area contributed by atoms with E-state index < -0.39 is 12.0 Å². The third-order valence-electron chi connectivity index (χ3n) is 4.55. The average Bonchev–Trinajstić information content (AvgIpc) is 3.02. The number of urea groups is 1. The third-order valence-corrected chi connectivity index (χ3v) is 5.62. The van der Waals surface area contributed by atoms with Crippen LogP contribution in [0.3, 0.4) is 0 Å². The van der Waals surface area contributed by atoms with Crippen molar-refractivity contribution >= 4 is 50.6 Å². The predicted molar refractivity (Wildman–Crippen MR) is 109 cm³/mol. The normalized spacial score (nSPS) is 12.7. The molecule has 0 aliphatic carbocycles. The molecule has 0 unspecified atom stereocenters.